The first-order chi connectivity index (χ1) is 4.46. The van der Waals surface area contributed by atoms with Crippen LogP contribution < -0.4 is 0 Å². The summed E-state index contributed by atoms with van der Waals surface area (Å²) in [5.74, 6) is 0.593. The van der Waals surface area contributed by atoms with E-state index in [9.17, 15) is 4.79 Å². The van der Waals surface area contributed by atoms with E-state index in [0.717, 1.165) is 6.54 Å². The minimum absolute atomic E-state index is 0.222. The van der Waals surface area contributed by atoms with E-state index in [-0.39, 0.29) is 11.5 Å². The van der Waals surface area contributed by atoms with Crippen molar-refractivity contribution < 1.29 is 4.79 Å². The van der Waals surface area contributed by atoms with Gasteiger partial charge in [-0.25, -0.2) is 0 Å². The monoisotopic (exact) mass is 141 g/mol. The topological polar surface area (TPSA) is 20.3 Å². The zero-order valence-corrected chi connectivity index (χ0v) is 7.14. The van der Waals surface area contributed by atoms with E-state index in [2.05, 4.69) is 4.90 Å². The van der Waals surface area contributed by atoms with Gasteiger partial charge in [0.2, 0.25) is 0 Å². The molecular weight excluding hydrogens is 126 g/mol. The first-order valence-electron chi connectivity index (χ1n) is 3.72. The second kappa shape index (κ2) is 2.06. The molecule has 1 heterocycles. The maximum absolute atomic E-state index is 11.4. The normalized spacial score (nSPS) is 33.2. The number of likely N-dealkylation sites (N-methyl/N-ethyl adjacent to an activating group) is 1. The molecule has 10 heavy (non-hydrogen) atoms. The molecule has 0 aromatic heterocycles. The second-order valence-electron chi connectivity index (χ2n) is 3.70. The molecule has 1 saturated heterocycles. The van der Waals surface area contributed by atoms with Gasteiger partial charge in [-0.1, -0.05) is 6.92 Å². The van der Waals surface area contributed by atoms with Crippen molar-refractivity contribution in [3.63, 3.8) is 0 Å². The van der Waals surface area contributed by atoms with E-state index in [1.807, 2.05) is 27.8 Å². The zero-order chi connectivity index (χ0) is 7.94. The smallest absolute Gasteiger partial charge is 0.156 e. The Bertz CT molecular complexity index is 163. The Morgan fingerprint density at radius 2 is 2.10 bits per heavy atom. The second-order valence-corrected chi connectivity index (χ2v) is 3.70. The largest absolute Gasteiger partial charge is 0.297 e. The number of carbonyl (C=O) groups excluding carboxylic acids is 1. The molecule has 1 unspecified atom stereocenters. The van der Waals surface area contributed by atoms with Crippen LogP contribution in [0.1, 0.15) is 20.8 Å². The molecule has 0 saturated carbocycles. The summed E-state index contributed by atoms with van der Waals surface area (Å²) in [6.07, 6.45) is 0. The third-order valence-electron chi connectivity index (χ3n) is 2.55. The lowest BCUT2D eigenvalue weighted by Gasteiger charge is -2.24. The number of rotatable bonds is 0. The zero-order valence-electron chi connectivity index (χ0n) is 7.14. The fraction of sp³-hybridized carbons (Fsp3) is 0.875. The van der Waals surface area contributed by atoms with E-state index in [4.69, 9.17) is 0 Å². The van der Waals surface area contributed by atoms with Crippen LogP contribution in [0.2, 0.25) is 0 Å². The number of hydrogen-bond donors (Lipinski definition) is 0. The average Bonchev–Trinajstić information content (AvgIpc) is 1.97. The van der Waals surface area contributed by atoms with E-state index in [1.54, 1.807) is 0 Å². The van der Waals surface area contributed by atoms with Gasteiger partial charge in [-0.3, -0.25) is 9.69 Å². The van der Waals surface area contributed by atoms with Crippen molar-refractivity contribution in [2.75, 3.05) is 13.6 Å². The van der Waals surface area contributed by atoms with Crippen LogP contribution in [-0.2, 0) is 4.79 Å². The number of carbonyl (C=O) groups is 1. The predicted octanol–water partition coefficient (Wildman–Crippen LogP) is 0.916. The highest BCUT2D eigenvalue weighted by Gasteiger charge is 2.42. The van der Waals surface area contributed by atoms with Crippen LogP contribution in [0.3, 0.4) is 0 Å². The highest BCUT2D eigenvalue weighted by molar-refractivity contribution is 5.91. The summed E-state index contributed by atoms with van der Waals surface area (Å²) in [6, 6.07) is 0. The Hall–Kier alpha value is -0.370. The number of likely N-dealkylation sites (tertiary alicyclic amines) is 1. The van der Waals surface area contributed by atoms with Crippen LogP contribution in [-0.4, -0.2) is 29.8 Å². The van der Waals surface area contributed by atoms with Crippen molar-refractivity contribution in [3.8, 4) is 0 Å². The Kier molecular flexibility index (Phi) is 1.59. The molecule has 0 bridgehead atoms. The molecule has 2 nitrogen and oxygen atoms in total. The molecule has 58 valence electrons. The molecular formula is C8H15NO. The van der Waals surface area contributed by atoms with E-state index < -0.39 is 0 Å². The van der Waals surface area contributed by atoms with Crippen molar-refractivity contribution in [2.24, 2.45) is 5.92 Å². The van der Waals surface area contributed by atoms with Crippen molar-refractivity contribution >= 4 is 5.78 Å². The van der Waals surface area contributed by atoms with Crippen molar-refractivity contribution in [1.82, 2.24) is 4.90 Å². The summed E-state index contributed by atoms with van der Waals surface area (Å²) < 4.78 is 0. The molecule has 0 radical (unpaired) electrons. The summed E-state index contributed by atoms with van der Waals surface area (Å²) in [5.41, 5.74) is -0.223. The molecule has 0 aromatic carbocycles. The molecule has 1 atom stereocenters. The molecule has 1 fully saturated rings. The van der Waals surface area contributed by atoms with Crippen molar-refractivity contribution in [2.45, 2.75) is 26.3 Å². The lowest BCUT2D eigenvalue weighted by atomic mass is 9.96. The van der Waals surface area contributed by atoms with Gasteiger partial charge in [-0.15, -0.1) is 0 Å². The molecule has 0 amide bonds. The molecule has 0 aromatic rings. The van der Waals surface area contributed by atoms with Crippen molar-refractivity contribution in [3.05, 3.63) is 0 Å². The lowest BCUT2D eigenvalue weighted by Crippen LogP contribution is -2.40. The minimum Gasteiger partial charge on any atom is -0.297 e. The van der Waals surface area contributed by atoms with Crippen LogP contribution in [0, 0.1) is 5.92 Å². The summed E-state index contributed by atoms with van der Waals surface area (Å²) in [7, 11) is 2.00. The first kappa shape index (κ1) is 7.73. The fourth-order valence-electron chi connectivity index (χ4n) is 1.51. The lowest BCUT2D eigenvalue weighted by molar-refractivity contribution is -0.125. The number of ketones is 1. The van der Waals surface area contributed by atoms with Crippen LogP contribution >= 0.6 is 0 Å². The van der Waals surface area contributed by atoms with Gasteiger partial charge in [0.05, 0.1) is 5.54 Å². The molecule has 1 aliphatic rings. The first-order valence-corrected chi connectivity index (χ1v) is 3.72. The Morgan fingerprint density at radius 1 is 1.60 bits per heavy atom. The third-order valence-corrected chi connectivity index (χ3v) is 2.55. The molecule has 2 heteroatoms. The summed E-state index contributed by atoms with van der Waals surface area (Å²) in [4.78, 5) is 13.5. The molecule has 1 aliphatic heterocycles. The average molecular weight is 141 g/mol. The fourth-order valence-corrected chi connectivity index (χ4v) is 1.51. The van der Waals surface area contributed by atoms with Gasteiger partial charge in [0.25, 0.3) is 0 Å². The molecule has 0 N–H and O–H groups in total. The Balaban J connectivity index is 2.85. The quantitative estimate of drug-likeness (QED) is 0.500. The van der Waals surface area contributed by atoms with Gasteiger partial charge >= 0.3 is 0 Å². The highest BCUT2D eigenvalue weighted by atomic mass is 16.1. The van der Waals surface area contributed by atoms with Crippen LogP contribution in [0.5, 0.6) is 0 Å². The Morgan fingerprint density at radius 3 is 2.20 bits per heavy atom. The summed E-state index contributed by atoms with van der Waals surface area (Å²) in [6.45, 7) is 6.87. The van der Waals surface area contributed by atoms with Gasteiger partial charge < -0.3 is 0 Å². The number of hydrogen-bond acceptors (Lipinski definition) is 2. The van der Waals surface area contributed by atoms with Gasteiger partial charge in [0, 0.05) is 12.5 Å². The van der Waals surface area contributed by atoms with Gasteiger partial charge in [-0.05, 0) is 20.9 Å². The van der Waals surface area contributed by atoms with E-state index in [1.165, 1.54) is 0 Å². The molecule has 1 rings (SSSR count). The molecule has 0 spiro atoms. The van der Waals surface area contributed by atoms with Gasteiger partial charge in [0.1, 0.15) is 0 Å². The van der Waals surface area contributed by atoms with Crippen LogP contribution in [0.15, 0.2) is 0 Å². The minimum atomic E-state index is -0.223. The van der Waals surface area contributed by atoms with Crippen LogP contribution in [0.4, 0.5) is 0 Å². The Labute approximate surface area is 62.2 Å². The SMILES string of the molecule is CC1CN(C)C(C)(C)C1=O. The molecule has 0 aliphatic carbocycles. The maximum Gasteiger partial charge on any atom is 0.156 e. The maximum atomic E-state index is 11.4. The predicted molar refractivity (Wildman–Crippen MR) is 40.9 cm³/mol. The third kappa shape index (κ3) is 0.870. The van der Waals surface area contributed by atoms with E-state index in [0.29, 0.717) is 5.78 Å². The van der Waals surface area contributed by atoms with Crippen LogP contribution in [0.25, 0.3) is 0 Å². The summed E-state index contributed by atoms with van der Waals surface area (Å²) >= 11 is 0. The number of Topliss-reactive ketones (excluding diaryl/α,β-unsaturated/α-hetero) is 1. The van der Waals surface area contributed by atoms with Gasteiger partial charge in [-0.2, -0.15) is 0 Å². The standard InChI is InChI=1S/C8H15NO/c1-6-5-9(4)8(2,3)7(6)10/h6H,5H2,1-4H3. The number of nitrogens with zero attached hydrogens (tertiary/aromatic N) is 1. The van der Waals surface area contributed by atoms with Crippen molar-refractivity contribution in [1.29, 1.82) is 0 Å². The van der Waals surface area contributed by atoms with E-state index >= 15 is 0 Å². The highest BCUT2D eigenvalue weighted by Crippen LogP contribution is 2.26. The summed E-state index contributed by atoms with van der Waals surface area (Å²) in [5, 5.41) is 0. The van der Waals surface area contributed by atoms with Gasteiger partial charge in [0.15, 0.2) is 5.78 Å².